The van der Waals surface area contributed by atoms with Crippen LogP contribution >= 0.6 is 7.14 Å². The van der Waals surface area contributed by atoms with Crippen molar-refractivity contribution in [2.45, 2.75) is 38.6 Å². The minimum Gasteiger partial charge on any atom is -0.457 e. The first-order chi connectivity index (χ1) is 14.2. The van der Waals surface area contributed by atoms with Gasteiger partial charge in [-0.25, -0.2) is 0 Å². The molecule has 2 aromatic carbocycles. The van der Waals surface area contributed by atoms with Gasteiger partial charge in [-0.1, -0.05) is 79.9 Å². The summed E-state index contributed by atoms with van der Waals surface area (Å²) in [5, 5.41) is 1.11. The van der Waals surface area contributed by atoms with Gasteiger partial charge in [0.2, 0.25) is 0 Å². The van der Waals surface area contributed by atoms with Crippen LogP contribution in [0.4, 0.5) is 0 Å². The Labute approximate surface area is 177 Å². The minimum atomic E-state index is -3.52. The number of hydrogen-bond donors (Lipinski definition) is 0. The fourth-order valence-corrected chi connectivity index (χ4v) is 6.96. The molecule has 30 heavy (non-hydrogen) atoms. The first-order valence-electron chi connectivity index (χ1n) is 9.55. The van der Waals surface area contributed by atoms with Crippen molar-refractivity contribution in [3.8, 4) is 0 Å². The summed E-state index contributed by atoms with van der Waals surface area (Å²) in [6, 6.07) is 17.9. The molecule has 0 spiro atoms. The summed E-state index contributed by atoms with van der Waals surface area (Å²) < 4.78 is 26.0. The van der Waals surface area contributed by atoms with Crippen molar-refractivity contribution in [2.75, 3.05) is 0 Å². The van der Waals surface area contributed by atoms with Gasteiger partial charge in [0.1, 0.15) is 17.9 Å². The zero-order valence-electron chi connectivity index (χ0n) is 17.5. The highest BCUT2D eigenvalue weighted by Crippen LogP contribution is 2.53. The van der Waals surface area contributed by atoms with Crippen LogP contribution in [0.15, 0.2) is 85.5 Å². The van der Waals surface area contributed by atoms with Crippen molar-refractivity contribution in [1.82, 2.24) is 0 Å². The molecular formula is C24H27O5P. The summed E-state index contributed by atoms with van der Waals surface area (Å²) in [5.41, 5.74) is -0.452. The number of ether oxygens (including phenoxy) is 2. The first kappa shape index (κ1) is 23.4. The Morgan fingerprint density at radius 3 is 1.63 bits per heavy atom. The summed E-state index contributed by atoms with van der Waals surface area (Å²) in [4.78, 5) is 23.8. The highest BCUT2D eigenvalue weighted by atomic mass is 31.2. The molecule has 0 radical (unpaired) electrons. The zero-order chi connectivity index (χ0) is 22.3. The van der Waals surface area contributed by atoms with E-state index in [4.69, 9.17) is 9.47 Å². The van der Waals surface area contributed by atoms with E-state index < -0.39 is 36.9 Å². The zero-order valence-corrected chi connectivity index (χ0v) is 18.4. The van der Waals surface area contributed by atoms with Gasteiger partial charge in [0, 0.05) is 24.5 Å². The van der Waals surface area contributed by atoms with Gasteiger partial charge in [0.25, 0.3) is 0 Å². The highest BCUT2D eigenvalue weighted by molar-refractivity contribution is 7.79. The van der Waals surface area contributed by atoms with Gasteiger partial charge in [-0.05, 0) is 12.5 Å². The quantitative estimate of drug-likeness (QED) is 0.344. The Hall–Kier alpha value is -2.91. The van der Waals surface area contributed by atoms with Gasteiger partial charge in [0.05, 0.1) is 0 Å². The van der Waals surface area contributed by atoms with E-state index in [2.05, 4.69) is 13.2 Å². The van der Waals surface area contributed by atoms with E-state index in [9.17, 15) is 14.2 Å². The molecule has 0 N–H and O–H groups in total. The van der Waals surface area contributed by atoms with Gasteiger partial charge < -0.3 is 14.0 Å². The molecule has 2 rings (SSSR count). The first-order valence-corrected chi connectivity index (χ1v) is 11.3. The molecule has 0 aliphatic rings. The van der Waals surface area contributed by atoms with Crippen molar-refractivity contribution < 1.29 is 23.6 Å². The van der Waals surface area contributed by atoms with Crippen LogP contribution < -0.4 is 10.6 Å². The molecule has 0 aromatic heterocycles. The second kappa shape index (κ2) is 10.2. The monoisotopic (exact) mass is 426 g/mol. The fourth-order valence-electron chi connectivity index (χ4n) is 3.45. The molecule has 0 fully saturated rings. The van der Waals surface area contributed by atoms with E-state index in [1.807, 2.05) is 12.1 Å². The molecule has 0 aliphatic heterocycles. The molecule has 0 aliphatic carbocycles. The number of carbonyl (C=O) groups is 2. The van der Waals surface area contributed by atoms with Crippen molar-refractivity contribution in [3.63, 3.8) is 0 Å². The van der Waals surface area contributed by atoms with Crippen molar-refractivity contribution in [2.24, 2.45) is 0 Å². The van der Waals surface area contributed by atoms with Crippen LogP contribution in [0.25, 0.3) is 0 Å². The molecular weight excluding hydrogens is 399 g/mol. The molecule has 6 heteroatoms. The lowest BCUT2D eigenvalue weighted by atomic mass is 10.0. The summed E-state index contributed by atoms with van der Waals surface area (Å²) in [6.07, 6.45) is -0.518. The maximum absolute atomic E-state index is 15.0. The molecule has 1 unspecified atom stereocenters. The van der Waals surface area contributed by atoms with Gasteiger partial charge in [-0.3, -0.25) is 9.59 Å². The van der Waals surface area contributed by atoms with E-state index in [1.165, 1.54) is 19.9 Å². The molecule has 0 heterocycles. The molecule has 2 aromatic rings. The maximum atomic E-state index is 15.0. The smallest absolute Gasteiger partial charge is 0.303 e. The van der Waals surface area contributed by atoms with E-state index in [1.54, 1.807) is 55.5 Å². The Bertz CT molecular complexity index is 909. The molecule has 158 valence electrons. The summed E-state index contributed by atoms with van der Waals surface area (Å²) in [7, 11) is -3.52. The van der Waals surface area contributed by atoms with Crippen LogP contribution in [0.5, 0.6) is 0 Å². The number of esters is 2. The Morgan fingerprint density at radius 1 is 0.867 bits per heavy atom. The van der Waals surface area contributed by atoms with Crippen molar-refractivity contribution in [3.05, 3.63) is 85.5 Å². The summed E-state index contributed by atoms with van der Waals surface area (Å²) >= 11 is 0. The minimum absolute atomic E-state index is 0.487. The molecule has 0 amide bonds. The second-order valence-corrected chi connectivity index (χ2v) is 9.95. The van der Waals surface area contributed by atoms with Crippen LogP contribution in [-0.4, -0.2) is 29.8 Å². The van der Waals surface area contributed by atoms with E-state index >= 15 is 0 Å². The van der Waals surface area contributed by atoms with Gasteiger partial charge >= 0.3 is 11.9 Å². The summed E-state index contributed by atoms with van der Waals surface area (Å²) in [6.45, 7) is 12.0. The largest absolute Gasteiger partial charge is 0.457 e. The van der Waals surface area contributed by atoms with Gasteiger partial charge in [-0.15, -0.1) is 0 Å². The average molecular weight is 426 g/mol. The lowest BCUT2D eigenvalue weighted by Crippen LogP contribution is -2.46. The van der Waals surface area contributed by atoms with Crippen molar-refractivity contribution >= 4 is 29.7 Å². The van der Waals surface area contributed by atoms with Crippen molar-refractivity contribution in [1.29, 1.82) is 0 Å². The fraction of sp³-hybridized carbons (Fsp3) is 0.250. The van der Waals surface area contributed by atoms with Crippen LogP contribution in [0.1, 0.15) is 20.8 Å². The third-order valence-corrected chi connectivity index (χ3v) is 8.19. The van der Waals surface area contributed by atoms with Gasteiger partial charge in [-0.2, -0.15) is 0 Å². The Kier molecular flexibility index (Phi) is 7.96. The van der Waals surface area contributed by atoms with Crippen LogP contribution in [0.3, 0.4) is 0 Å². The van der Waals surface area contributed by atoms with Gasteiger partial charge in [0.15, 0.2) is 7.14 Å². The molecule has 5 nitrogen and oxygen atoms in total. The third-order valence-electron chi connectivity index (χ3n) is 4.66. The predicted molar refractivity (Wildman–Crippen MR) is 120 cm³/mol. The number of rotatable bonds is 9. The van der Waals surface area contributed by atoms with Crippen LogP contribution in [0.2, 0.25) is 0 Å². The van der Waals surface area contributed by atoms with Crippen LogP contribution in [0, 0.1) is 0 Å². The molecule has 0 saturated heterocycles. The lowest BCUT2D eigenvalue weighted by Gasteiger charge is -2.37. The van der Waals surface area contributed by atoms with E-state index in [-0.39, 0.29) is 0 Å². The second-order valence-electron chi connectivity index (χ2n) is 7.01. The SMILES string of the molecule is C=CC(OC(C)=O)[C@H]([C@@H](OC(C)=O)C(=C)C)P(=O)(c1ccccc1)c1ccccc1. The standard InChI is InChI=1S/C24H27O5P/c1-6-22(28-18(4)25)24(23(17(2)3)29-19(5)26)30(27,20-13-9-7-10-14-20)21-15-11-8-12-16-21/h6-16,22-24H,1-2H2,3-5H3/t22?,23-,24+/m0/s1. The predicted octanol–water partition coefficient (Wildman–Crippen LogP) is 3.99. The van der Waals surface area contributed by atoms with Crippen LogP contribution in [-0.2, 0) is 23.6 Å². The topological polar surface area (TPSA) is 69.7 Å². The highest BCUT2D eigenvalue weighted by Gasteiger charge is 2.48. The number of hydrogen-bond acceptors (Lipinski definition) is 5. The molecule has 3 atom stereocenters. The molecule has 0 bridgehead atoms. The van der Waals surface area contributed by atoms with E-state index in [0.29, 0.717) is 16.2 Å². The average Bonchev–Trinajstić information content (AvgIpc) is 2.72. The lowest BCUT2D eigenvalue weighted by molar-refractivity contribution is -0.148. The molecule has 0 saturated carbocycles. The summed E-state index contributed by atoms with van der Waals surface area (Å²) in [5.74, 6) is -1.10. The Balaban J connectivity index is 2.85. The van der Waals surface area contributed by atoms with E-state index in [0.717, 1.165) is 0 Å². The number of benzene rings is 2. The Morgan fingerprint density at radius 2 is 1.30 bits per heavy atom. The maximum Gasteiger partial charge on any atom is 0.303 e. The third kappa shape index (κ3) is 5.17. The number of carbonyl (C=O) groups excluding carboxylic acids is 2. The normalized spacial score (nSPS) is 14.1.